The topological polar surface area (TPSA) is 32.3 Å². The molecule has 0 radical (unpaired) electrons. The summed E-state index contributed by atoms with van der Waals surface area (Å²) >= 11 is 1.75. The number of carbonyl (C=O) groups excluding carboxylic acids is 1. The largest absolute Gasteiger partial charge is 0.354 e. The molecule has 4 rings (SSSR count). The summed E-state index contributed by atoms with van der Waals surface area (Å²) in [7, 11) is 0. The molecule has 0 bridgehead atoms. The minimum Gasteiger partial charge on any atom is -0.354 e. The highest BCUT2D eigenvalue weighted by Crippen LogP contribution is 2.59. The number of nitrogens with zero attached hydrogens (tertiary/aromatic N) is 1. The molecule has 25 heavy (non-hydrogen) atoms. The number of nitrogens with one attached hydrogen (secondary N) is 1. The van der Waals surface area contributed by atoms with E-state index in [1.165, 1.54) is 22.4 Å². The fraction of sp³-hybridized carbons (Fsp3) is 0.476. The van der Waals surface area contributed by atoms with Gasteiger partial charge in [0.1, 0.15) is 0 Å². The number of benzene rings is 1. The van der Waals surface area contributed by atoms with Crippen LogP contribution in [0.15, 0.2) is 41.8 Å². The van der Waals surface area contributed by atoms with Crippen molar-refractivity contribution in [2.75, 3.05) is 19.6 Å². The van der Waals surface area contributed by atoms with Gasteiger partial charge in [-0.15, -0.1) is 11.3 Å². The molecule has 1 aliphatic heterocycles. The summed E-state index contributed by atoms with van der Waals surface area (Å²) in [6.45, 7) is 6.97. The van der Waals surface area contributed by atoms with Crippen molar-refractivity contribution in [3.63, 3.8) is 0 Å². The van der Waals surface area contributed by atoms with E-state index in [0.717, 1.165) is 32.0 Å². The van der Waals surface area contributed by atoms with Gasteiger partial charge in [-0.05, 0) is 49.6 Å². The van der Waals surface area contributed by atoms with Gasteiger partial charge in [-0.25, -0.2) is 0 Å². The number of hydrogen-bond acceptors (Lipinski definition) is 3. The van der Waals surface area contributed by atoms with E-state index < -0.39 is 0 Å². The Hall–Kier alpha value is -1.65. The minimum atomic E-state index is -0.0431. The van der Waals surface area contributed by atoms with Crippen LogP contribution in [0.4, 0.5) is 0 Å². The smallest absolute Gasteiger partial charge is 0.237 e. The van der Waals surface area contributed by atoms with Gasteiger partial charge >= 0.3 is 0 Å². The lowest BCUT2D eigenvalue weighted by molar-refractivity contribution is -0.125. The van der Waals surface area contributed by atoms with E-state index >= 15 is 0 Å². The SMILES string of the molecule is Cc1ccc(C23CC2CN(C(C)C(=O)NCCc2cccs2)C3)cc1. The monoisotopic (exact) mass is 354 g/mol. The number of likely N-dealkylation sites (tertiary alicyclic amines) is 1. The maximum absolute atomic E-state index is 12.5. The maximum Gasteiger partial charge on any atom is 0.237 e. The number of aryl methyl sites for hydroxylation is 1. The molecule has 132 valence electrons. The van der Waals surface area contributed by atoms with Crippen LogP contribution < -0.4 is 5.32 Å². The Morgan fingerprint density at radius 1 is 1.36 bits per heavy atom. The lowest BCUT2D eigenvalue weighted by Crippen LogP contribution is -2.46. The van der Waals surface area contributed by atoms with Crippen molar-refractivity contribution in [1.29, 1.82) is 0 Å². The number of fused-ring (bicyclic) bond motifs is 1. The first-order valence-corrected chi connectivity index (χ1v) is 10.1. The second-order valence-corrected chi connectivity index (χ2v) is 8.68. The van der Waals surface area contributed by atoms with Crippen LogP contribution in [0.5, 0.6) is 0 Å². The van der Waals surface area contributed by atoms with E-state index in [9.17, 15) is 4.79 Å². The van der Waals surface area contributed by atoms with Gasteiger partial charge in [0.15, 0.2) is 0 Å². The molecule has 2 aliphatic rings. The normalized spacial score (nSPS) is 26.2. The summed E-state index contributed by atoms with van der Waals surface area (Å²) in [5.74, 6) is 0.883. The molecule has 1 amide bonds. The third kappa shape index (κ3) is 3.25. The second kappa shape index (κ2) is 6.58. The number of amides is 1. The lowest BCUT2D eigenvalue weighted by Gasteiger charge is -2.26. The predicted molar refractivity (Wildman–Crippen MR) is 103 cm³/mol. The summed E-state index contributed by atoms with van der Waals surface area (Å²) in [4.78, 5) is 16.2. The molecule has 1 N–H and O–H groups in total. The molecule has 3 unspecified atom stereocenters. The highest BCUT2D eigenvalue weighted by atomic mass is 32.1. The first kappa shape index (κ1) is 16.8. The number of thiophene rings is 1. The zero-order valence-electron chi connectivity index (χ0n) is 15.0. The molecular formula is C21H26N2OS. The molecule has 1 saturated carbocycles. The summed E-state index contributed by atoms with van der Waals surface area (Å²) < 4.78 is 0. The van der Waals surface area contributed by atoms with Crippen molar-refractivity contribution in [2.45, 2.75) is 38.1 Å². The van der Waals surface area contributed by atoms with Crippen molar-refractivity contribution >= 4 is 17.2 Å². The zero-order valence-corrected chi connectivity index (χ0v) is 15.8. The summed E-state index contributed by atoms with van der Waals surface area (Å²) in [6, 6.07) is 13.1. The summed E-state index contributed by atoms with van der Waals surface area (Å²) in [5, 5.41) is 5.20. The van der Waals surface area contributed by atoms with E-state index in [0.29, 0.717) is 5.41 Å². The number of carbonyl (C=O) groups is 1. The van der Waals surface area contributed by atoms with Gasteiger partial charge in [0.25, 0.3) is 0 Å². The molecule has 3 atom stereocenters. The van der Waals surface area contributed by atoms with Crippen molar-refractivity contribution in [3.8, 4) is 0 Å². The van der Waals surface area contributed by atoms with Gasteiger partial charge in [-0.3, -0.25) is 9.69 Å². The van der Waals surface area contributed by atoms with Gasteiger partial charge in [-0.1, -0.05) is 35.9 Å². The maximum atomic E-state index is 12.5. The second-order valence-electron chi connectivity index (χ2n) is 7.65. The fourth-order valence-corrected chi connectivity index (χ4v) is 4.94. The Labute approximate surface area is 154 Å². The van der Waals surface area contributed by atoms with Crippen LogP contribution in [-0.2, 0) is 16.6 Å². The molecule has 1 aromatic heterocycles. The van der Waals surface area contributed by atoms with E-state index in [1.54, 1.807) is 11.3 Å². The first-order valence-electron chi connectivity index (χ1n) is 9.20. The zero-order chi connectivity index (χ0) is 17.4. The van der Waals surface area contributed by atoms with E-state index in [-0.39, 0.29) is 11.9 Å². The van der Waals surface area contributed by atoms with Crippen molar-refractivity contribution < 1.29 is 4.79 Å². The van der Waals surface area contributed by atoms with Crippen LogP contribution in [0.2, 0.25) is 0 Å². The van der Waals surface area contributed by atoms with Crippen LogP contribution >= 0.6 is 11.3 Å². The van der Waals surface area contributed by atoms with Gasteiger partial charge in [0.05, 0.1) is 6.04 Å². The molecule has 4 heteroatoms. The molecule has 0 spiro atoms. The molecule has 1 saturated heterocycles. The third-order valence-corrected chi connectivity index (χ3v) is 6.91. The predicted octanol–water partition coefficient (Wildman–Crippen LogP) is 3.38. The number of hydrogen-bond donors (Lipinski definition) is 1. The number of piperidine rings is 1. The Morgan fingerprint density at radius 2 is 2.16 bits per heavy atom. The number of rotatable bonds is 6. The van der Waals surface area contributed by atoms with Crippen LogP contribution in [-0.4, -0.2) is 36.5 Å². The van der Waals surface area contributed by atoms with Crippen LogP contribution in [0.3, 0.4) is 0 Å². The Balaban J connectivity index is 1.32. The molecule has 2 fully saturated rings. The summed E-state index contributed by atoms with van der Waals surface area (Å²) in [5.41, 5.74) is 3.07. The van der Waals surface area contributed by atoms with E-state index in [1.807, 2.05) is 6.92 Å². The minimum absolute atomic E-state index is 0.0431. The Kier molecular flexibility index (Phi) is 4.42. The van der Waals surface area contributed by atoms with Crippen LogP contribution in [0.1, 0.15) is 29.3 Å². The van der Waals surface area contributed by atoms with E-state index in [2.05, 4.69) is 58.9 Å². The quantitative estimate of drug-likeness (QED) is 0.862. The average molecular weight is 355 g/mol. The van der Waals surface area contributed by atoms with Crippen molar-refractivity contribution in [2.24, 2.45) is 5.92 Å². The fourth-order valence-electron chi connectivity index (χ4n) is 4.23. The molecular weight excluding hydrogens is 328 g/mol. The van der Waals surface area contributed by atoms with Crippen LogP contribution in [0, 0.1) is 12.8 Å². The van der Waals surface area contributed by atoms with E-state index in [4.69, 9.17) is 0 Å². The van der Waals surface area contributed by atoms with Gasteiger partial charge in [-0.2, -0.15) is 0 Å². The van der Waals surface area contributed by atoms with Crippen molar-refractivity contribution in [1.82, 2.24) is 10.2 Å². The van der Waals surface area contributed by atoms with Gasteiger partial charge < -0.3 is 5.32 Å². The molecule has 1 aliphatic carbocycles. The molecule has 2 heterocycles. The molecule has 3 nitrogen and oxygen atoms in total. The third-order valence-electron chi connectivity index (χ3n) is 5.98. The molecule has 2 aromatic rings. The van der Waals surface area contributed by atoms with Gasteiger partial charge in [0, 0.05) is 29.9 Å². The highest BCUT2D eigenvalue weighted by molar-refractivity contribution is 7.09. The lowest BCUT2D eigenvalue weighted by atomic mass is 9.94. The average Bonchev–Trinajstić information content (AvgIpc) is 2.99. The first-order chi connectivity index (χ1) is 12.1. The summed E-state index contributed by atoms with van der Waals surface area (Å²) in [6.07, 6.45) is 2.20. The Morgan fingerprint density at radius 3 is 2.88 bits per heavy atom. The Bertz CT molecular complexity index is 740. The standard InChI is InChI=1S/C21H26N2OS/c1-15-5-7-17(8-6-15)21-12-18(21)13-23(14-21)16(2)20(24)22-10-9-19-4-3-11-25-19/h3-8,11,16,18H,9-10,12-14H2,1-2H3,(H,22,24). The molecule has 1 aromatic carbocycles. The van der Waals surface area contributed by atoms with Gasteiger partial charge in [0.2, 0.25) is 5.91 Å². The van der Waals surface area contributed by atoms with Crippen LogP contribution in [0.25, 0.3) is 0 Å². The highest BCUT2D eigenvalue weighted by Gasteiger charge is 2.61. The van der Waals surface area contributed by atoms with Crippen molar-refractivity contribution in [3.05, 3.63) is 57.8 Å².